The summed E-state index contributed by atoms with van der Waals surface area (Å²) in [4.78, 5) is 5.05. The fraction of sp³-hybridized carbons (Fsp3) is 0.234. The van der Waals surface area contributed by atoms with Gasteiger partial charge in [0.2, 0.25) is 5.71 Å². The van der Waals surface area contributed by atoms with Gasteiger partial charge >= 0.3 is 0 Å². The van der Waals surface area contributed by atoms with Crippen LogP contribution in [0.3, 0.4) is 0 Å². The van der Waals surface area contributed by atoms with E-state index in [1.54, 1.807) is 0 Å². The van der Waals surface area contributed by atoms with E-state index >= 15 is 0 Å². The van der Waals surface area contributed by atoms with Crippen molar-refractivity contribution in [3.05, 3.63) is 132 Å². The van der Waals surface area contributed by atoms with E-state index in [0.717, 1.165) is 44.6 Å². The van der Waals surface area contributed by atoms with Crippen molar-refractivity contribution in [2.24, 2.45) is 7.05 Å². The quantitative estimate of drug-likeness (QED) is 0.123. The zero-order valence-corrected chi connectivity index (χ0v) is 32.9. The van der Waals surface area contributed by atoms with Crippen molar-refractivity contribution >= 4 is 46.4 Å². The summed E-state index contributed by atoms with van der Waals surface area (Å²) < 4.78 is 11.7. The predicted octanol–water partition coefficient (Wildman–Crippen LogP) is 11.9. The standard InChI is InChI=1S/C47H48N3OSi/c1-29(2)38-27-34(32-20-22-35(23-21-32)52(7,8)9)28-39(30(3)4)44(38)50-42-18-14-13-17-41(42)49(6)47(50)43-31(5)19-24-36-37-25-26-40(33-15-11-10-12-16-33)48-46(37)51-45(36)43/h10-30H,1-9H3/q+1. The van der Waals surface area contributed by atoms with Crippen LogP contribution < -0.4 is 9.75 Å². The molecular weight excluding hydrogens is 651 g/mol. The van der Waals surface area contributed by atoms with Crippen LogP contribution in [0.2, 0.25) is 19.6 Å². The average Bonchev–Trinajstić information content (AvgIpc) is 3.65. The summed E-state index contributed by atoms with van der Waals surface area (Å²) in [6, 6.07) is 42.1. The molecule has 0 N–H and O–H groups in total. The Labute approximate surface area is 308 Å². The number of para-hydroxylation sites is 2. The second-order valence-corrected chi connectivity index (χ2v) is 21.1. The number of benzene rings is 5. The second kappa shape index (κ2) is 12.7. The molecule has 0 aliphatic carbocycles. The topological polar surface area (TPSA) is 34.8 Å². The number of pyridine rings is 1. The van der Waals surface area contributed by atoms with Crippen LogP contribution in [-0.4, -0.2) is 17.6 Å². The predicted molar refractivity (Wildman–Crippen MR) is 222 cm³/mol. The van der Waals surface area contributed by atoms with Crippen LogP contribution >= 0.6 is 0 Å². The monoisotopic (exact) mass is 698 g/mol. The number of aromatic nitrogens is 3. The summed E-state index contributed by atoms with van der Waals surface area (Å²) in [7, 11) is 0.792. The van der Waals surface area contributed by atoms with Gasteiger partial charge in [-0.05, 0) is 71.8 Å². The molecule has 0 atom stereocenters. The fourth-order valence-corrected chi connectivity index (χ4v) is 9.00. The van der Waals surface area contributed by atoms with Crippen molar-refractivity contribution in [3.8, 4) is 39.5 Å². The van der Waals surface area contributed by atoms with E-state index in [-0.39, 0.29) is 11.8 Å². The SMILES string of the molecule is Cc1ccc2c(oc3nc(-c4ccccc4)ccc32)c1-c1n(-c2c(C(C)C)cc(-c3ccc([Si](C)(C)C)cc3)cc2C(C)C)c2ccccc2[n+]1C. The molecule has 3 heterocycles. The lowest BCUT2D eigenvalue weighted by molar-refractivity contribution is -0.633. The Kier molecular flexibility index (Phi) is 8.30. The molecule has 0 aliphatic heterocycles. The maximum Gasteiger partial charge on any atom is 0.299 e. The van der Waals surface area contributed by atoms with Crippen LogP contribution in [0, 0.1) is 6.92 Å². The normalized spacial score (nSPS) is 12.3. The number of hydrogen-bond donors (Lipinski definition) is 0. The van der Waals surface area contributed by atoms with Crippen molar-refractivity contribution in [1.82, 2.24) is 9.55 Å². The highest BCUT2D eigenvalue weighted by Crippen LogP contribution is 2.43. The Hall–Kier alpha value is -5.26. The molecule has 0 unspecified atom stereocenters. The van der Waals surface area contributed by atoms with Crippen LogP contribution in [0.4, 0.5) is 0 Å². The first-order chi connectivity index (χ1) is 24.9. The van der Waals surface area contributed by atoms with Crippen LogP contribution in [0.15, 0.2) is 120 Å². The van der Waals surface area contributed by atoms with Gasteiger partial charge in [-0.1, -0.05) is 131 Å². The number of furan rings is 1. The van der Waals surface area contributed by atoms with Gasteiger partial charge in [0.25, 0.3) is 5.82 Å². The maximum atomic E-state index is 6.85. The fourth-order valence-electron chi connectivity index (χ4n) is 7.84. The van der Waals surface area contributed by atoms with Crippen molar-refractivity contribution in [3.63, 3.8) is 0 Å². The molecule has 0 aliphatic rings. The Morgan fingerprint density at radius 1 is 0.673 bits per heavy atom. The molecule has 0 fully saturated rings. The lowest BCUT2D eigenvalue weighted by Gasteiger charge is -2.21. The largest absolute Gasteiger partial charge is 0.437 e. The van der Waals surface area contributed by atoms with E-state index in [1.807, 2.05) is 18.2 Å². The first-order valence-electron chi connectivity index (χ1n) is 18.6. The first-order valence-corrected chi connectivity index (χ1v) is 22.1. The number of imidazole rings is 1. The molecule has 0 saturated carbocycles. The van der Waals surface area contributed by atoms with Gasteiger partial charge in [-0.2, -0.15) is 4.57 Å². The summed E-state index contributed by atoms with van der Waals surface area (Å²) in [5.74, 6) is 1.68. The summed E-state index contributed by atoms with van der Waals surface area (Å²) in [6.45, 7) is 18.7. The van der Waals surface area contributed by atoms with E-state index in [1.165, 1.54) is 44.2 Å². The third kappa shape index (κ3) is 5.59. The molecule has 4 nitrogen and oxygen atoms in total. The molecule has 0 amide bonds. The van der Waals surface area contributed by atoms with Gasteiger partial charge in [0.1, 0.15) is 11.3 Å². The molecule has 5 aromatic carbocycles. The molecule has 52 heavy (non-hydrogen) atoms. The van der Waals surface area contributed by atoms with Crippen LogP contribution in [-0.2, 0) is 7.05 Å². The van der Waals surface area contributed by atoms with E-state index in [4.69, 9.17) is 9.40 Å². The van der Waals surface area contributed by atoms with E-state index in [2.05, 4.69) is 168 Å². The molecule has 8 aromatic rings. The van der Waals surface area contributed by atoms with Crippen LogP contribution in [0.1, 0.15) is 56.2 Å². The van der Waals surface area contributed by atoms with Crippen LogP contribution in [0.25, 0.3) is 72.6 Å². The highest BCUT2D eigenvalue weighted by molar-refractivity contribution is 6.88. The number of nitrogens with zero attached hydrogens (tertiary/aromatic N) is 3. The summed E-state index contributed by atoms with van der Waals surface area (Å²) in [5.41, 5.74) is 14.6. The van der Waals surface area contributed by atoms with Gasteiger partial charge < -0.3 is 4.42 Å². The Morgan fingerprint density at radius 2 is 1.31 bits per heavy atom. The highest BCUT2D eigenvalue weighted by Gasteiger charge is 2.34. The molecule has 0 radical (unpaired) electrons. The number of fused-ring (bicyclic) bond motifs is 4. The minimum Gasteiger partial charge on any atom is -0.437 e. The van der Waals surface area contributed by atoms with Crippen molar-refractivity contribution < 1.29 is 8.98 Å². The van der Waals surface area contributed by atoms with Crippen molar-refractivity contribution in [2.45, 2.75) is 66.1 Å². The van der Waals surface area contributed by atoms with Gasteiger partial charge in [0.15, 0.2) is 16.6 Å². The summed E-state index contributed by atoms with van der Waals surface area (Å²) >= 11 is 0. The minimum atomic E-state index is -1.40. The number of hydrogen-bond acceptors (Lipinski definition) is 2. The highest BCUT2D eigenvalue weighted by atomic mass is 28.3. The molecule has 5 heteroatoms. The third-order valence-electron chi connectivity index (χ3n) is 10.7. The van der Waals surface area contributed by atoms with Gasteiger partial charge in [-0.25, -0.2) is 9.55 Å². The Bertz CT molecular complexity index is 2590. The first kappa shape index (κ1) is 33.9. The second-order valence-electron chi connectivity index (χ2n) is 16.0. The van der Waals surface area contributed by atoms with E-state index in [9.17, 15) is 0 Å². The molecule has 0 saturated heterocycles. The summed E-state index contributed by atoms with van der Waals surface area (Å²) in [5, 5.41) is 3.58. The zero-order valence-electron chi connectivity index (χ0n) is 31.9. The van der Waals surface area contributed by atoms with Crippen molar-refractivity contribution in [1.29, 1.82) is 0 Å². The smallest absolute Gasteiger partial charge is 0.299 e. The Balaban J connectivity index is 1.42. The lowest BCUT2D eigenvalue weighted by Crippen LogP contribution is -2.37. The van der Waals surface area contributed by atoms with Gasteiger partial charge in [0.05, 0.1) is 20.8 Å². The van der Waals surface area contributed by atoms with E-state index in [0.29, 0.717) is 5.71 Å². The molecular formula is C47H48N3OSi+. The number of aryl methyl sites for hydroxylation is 2. The third-order valence-corrected chi connectivity index (χ3v) is 12.8. The molecule has 0 spiro atoms. The molecule has 0 bridgehead atoms. The van der Waals surface area contributed by atoms with Gasteiger partial charge in [-0.3, -0.25) is 0 Å². The van der Waals surface area contributed by atoms with E-state index < -0.39 is 8.07 Å². The van der Waals surface area contributed by atoms with Gasteiger partial charge in [-0.15, -0.1) is 0 Å². The molecule has 8 rings (SSSR count). The van der Waals surface area contributed by atoms with Crippen LogP contribution in [0.5, 0.6) is 0 Å². The number of rotatable bonds is 7. The zero-order chi connectivity index (χ0) is 36.5. The van der Waals surface area contributed by atoms with Crippen molar-refractivity contribution in [2.75, 3.05) is 0 Å². The average molecular weight is 699 g/mol. The molecule has 260 valence electrons. The Morgan fingerprint density at radius 3 is 1.96 bits per heavy atom. The minimum absolute atomic E-state index is 0.289. The summed E-state index contributed by atoms with van der Waals surface area (Å²) in [6.07, 6.45) is 0. The molecule has 3 aromatic heterocycles. The van der Waals surface area contributed by atoms with Gasteiger partial charge in [0, 0.05) is 27.5 Å². The maximum absolute atomic E-state index is 6.85. The lowest BCUT2D eigenvalue weighted by atomic mass is 9.88.